The molecule has 0 aromatic carbocycles. The number of aliphatic hydroxyl groups is 1. The average Bonchev–Trinajstić information content (AvgIpc) is 3.01. The smallest absolute Gasteiger partial charge is 0.338 e. The van der Waals surface area contributed by atoms with Gasteiger partial charge in [0.25, 0.3) is 0 Å². The molecule has 0 aromatic heterocycles. The second-order valence-electron chi connectivity index (χ2n) is 14.0. The van der Waals surface area contributed by atoms with Gasteiger partial charge in [-0.25, -0.2) is 4.79 Å². The van der Waals surface area contributed by atoms with Gasteiger partial charge in [-0.1, -0.05) is 176 Å². The first-order valence-electron chi connectivity index (χ1n) is 18.9. The van der Waals surface area contributed by atoms with E-state index in [1.807, 2.05) is 6.92 Å². The van der Waals surface area contributed by atoms with Crippen molar-refractivity contribution < 1.29 is 34.8 Å². The molecule has 3 unspecified atom stereocenters. The van der Waals surface area contributed by atoms with Crippen LogP contribution in [0.2, 0.25) is 0 Å². The minimum Gasteiger partial charge on any atom is -0.481 e. The quantitative estimate of drug-likeness (QED) is 0.0538. The van der Waals surface area contributed by atoms with Crippen LogP contribution in [-0.4, -0.2) is 43.9 Å². The molecule has 7 heteroatoms. The van der Waals surface area contributed by atoms with E-state index in [0.29, 0.717) is 25.7 Å². The summed E-state index contributed by atoms with van der Waals surface area (Å²) in [7, 11) is 0. The van der Waals surface area contributed by atoms with Crippen molar-refractivity contribution in [3.8, 4) is 0 Å². The van der Waals surface area contributed by atoms with Crippen molar-refractivity contribution in [2.24, 2.45) is 16.7 Å². The number of hydrogen-bond acceptors (Lipinski definition) is 4. The van der Waals surface area contributed by atoms with E-state index in [2.05, 4.69) is 27.7 Å². The molecule has 0 bridgehead atoms. The molecule has 0 fully saturated rings. The first-order chi connectivity index (χ1) is 21.5. The largest absolute Gasteiger partial charge is 0.481 e. The van der Waals surface area contributed by atoms with Crippen molar-refractivity contribution in [2.75, 3.05) is 0 Å². The van der Waals surface area contributed by atoms with Crippen LogP contribution in [-0.2, 0) is 14.4 Å². The lowest BCUT2D eigenvalue weighted by atomic mass is 9.51. The number of carboxylic acid groups (broad SMARTS) is 3. The van der Waals surface area contributed by atoms with Gasteiger partial charge >= 0.3 is 17.9 Å². The standard InChI is InChI=1S/C38H72O7/c1-6-11-15-18-21-24-28-36(33(39)40,29-25-22-19-16-12-7-2)38(45,35(43)44)37(34(41)42,30-26-23-20-17-13-8-3)31-32(10-5)27-14-9-4/h32,45H,6-31H2,1-5H3,(H,39,40)(H,41,42)(H,43,44). The van der Waals surface area contributed by atoms with Gasteiger partial charge < -0.3 is 20.4 Å². The molecular weight excluding hydrogens is 568 g/mol. The summed E-state index contributed by atoms with van der Waals surface area (Å²) < 4.78 is 0. The highest BCUT2D eigenvalue weighted by atomic mass is 16.4. The van der Waals surface area contributed by atoms with Gasteiger partial charge in [-0.3, -0.25) is 9.59 Å². The zero-order valence-corrected chi connectivity index (χ0v) is 30.0. The van der Waals surface area contributed by atoms with Gasteiger partial charge in [0.05, 0.1) is 0 Å². The average molecular weight is 641 g/mol. The van der Waals surface area contributed by atoms with E-state index in [0.717, 1.165) is 116 Å². The van der Waals surface area contributed by atoms with E-state index >= 15 is 0 Å². The highest BCUT2D eigenvalue weighted by Crippen LogP contribution is 2.56. The number of carboxylic acids is 3. The second kappa shape index (κ2) is 24.5. The molecule has 7 nitrogen and oxygen atoms in total. The van der Waals surface area contributed by atoms with Crippen LogP contribution in [0.15, 0.2) is 0 Å². The van der Waals surface area contributed by atoms with Crippen molar-refractivity contribution in [3.05, 3.63) is 0 Å². The molecule has 0 spiro atoms. The molecule has 0 radical (unpaired) electrons. The second-order valence-corrected chi connectivity index (χ2v) is 14.0. The van der Waals surface area contributed by atoms with E-state index in [1.165, 1.54) is 0 Å². The van der Waals surface area contributed by atoms with Crippen LogP contribution in [0.25, 0.3) is 0 Å². The van der Waals surface area contributed by atoms with E-state index in [9.17, 15) is 34.8 Å². The van der Waals surface area contributed by atoms with Gasteiger partial charge in [0.15, 0.2) is 5.60 Å². The normalized spacial score (nSPS) is 15.3. The Kier molecular flexibility index (Phi) is 23.6. The molecule has 266 valence electrons. The van der Waals surface area contributed by atoms with Gasteiger partial charge in [0.1, 0.15) is 10.8 Å². The predicted molar refractivity (Wildman–Crippen MR) is 185 cm³/mol. The molecule has 0 rings (SSSR count). The number of aliphatic carboxylic acids is 3. The number of unbranched alkanes of at least 4 members (excludes halogenated alkanes) is 16. The minimum absolute atomic E-state index is 0.0291. The Morgan fingerprint density at radius 3 is 1.11 bits per heavy atom. The third-order valence-electron chi connectivity index (χ3n) is 10.6. The highest BCUT2D eigenvalue weighted by Gasteiger charge is 2.72. The number of carbonyl (C=O) groups is 3. The Morgan fingerprint density at radius 2 is 0.800 bits per heavy atom. The van der Waals surface area contributed by atoms with Gasteiger partial charge in [-0.05, 0) is 31.6 Å². The van der Waals surface area contributed by atoms with Crippen LogP contribution in [0.4, 0.5) is 0 Å². The summed E-state index contributed by atoms with van der Waals surface area (Å²) in [5.41, 5.74) is -7.16. The van der Waals surface area contributed by atoms with Crippen LogP contribution in [0, 0.1) is 16.7 Å². The molecule has 0 saturated heterocycles. The van der Waals surface area contributed by atoms with E-state index < -0.39 is 34.3 Å². The maximum atomic E-state index is 13.6. The number of rotatable bonds is 32. The summed E-state index contributed by atoms with van der Waals surface area (Å²) in [5.74, 6) is -4.56. The molecule has 45 heavy (non-hydrogen) atoms. The molecular formula is C38H72O7. The lowest BCUT2D eigenvalue weighted by Gasteiger charge is -2.52. The van der Waals surface area contributed by atoms with Crippen LogP contribution in [0.1, 0.15) is 202 Å². The third kappa shape index (κ3) is 13.2. The minimum atomic E-state index is -2.95. The predicted octanol–water partition coefficient (Wildman–Crippen LogP) is 10.8. The van der Waals surface area contributed by atoms with Gasteiger partial charge in [0.2, 0.25) is 0 Å². The Labute approximate surface area is 276 Å². The molecule has 0 aliphatic rings. The first-order valence-corrected chi connectivity index (χ1v) is 18.9. The SMILES string of the molecule is CCCCCCCCC(CCCCCCCC)(C(=O)O)C(O)(C(=O)O)C(CCCCCCCC)(CC(CC)CCCC)C(=O)O. The zero-order valence-electron chi connectivity index (χ0n) is 30.0. The Morgan fingerprint density at radius 1 is 0.467 bits per heavy atom. The van der Waals surface area contributed by atoms with Gasteiger partial charge in [-0.2, -0.15) is 0 Å². The fourth-order valence-electron chi connectivity index (χ4n) is 7.56. The Bertz CT molecular complexity index is 781. The summed E-state index contributed by atoms with van der Waals surface area (Å²) in [5, 5.41) is 45.9. The molecule has 4 N–H and O–H groups in total. The van der Waals surface area contributed by atoms with Crippen molar-refractivity contribution in [1.82, 2.24) is 0 Å². The third-order valence-corrected chi connectivity index (χ3v) is 10.6. The summed E-state index contributed by atoms with van der Waals surface area (Å²) in [4.78, 5) is 40.7. The summed E-state index contributed by atoms with van der Waals surface area (Å²) >= 11 is 0. The maximum Gasteiger partial charge on any atom is 0.338 e. The summed E-state index contributed by atoms with van der Waals surface area (Å²) in [6.07, 6.45) is 18.8. The fraction of sp³-hybridized carbons (Fsp3) is 0.921. The fourth-order valence-corrected chi connectivity index (χ4v) is 7.56. The molecule has 0 heterocycles. The van der Waals surface area contributed by atoms with E-state index in [4.69, 9.17) is 0 Å². The lowest BCUT2D eigenvalue weighted by molar-refractivity contribution is -0.228. The van der Waals surface area contributed by atoms with E-state index in [-0.39, 0.29) is 31.6 Å². The van der Waals surface area contributed by atoms with Crippen molar-refractivity contribution in [1.29, 1.82) is 0 Å². The highest BCUT2D eigenvalue weighted by molar-refractivity contribution is 5.95. The zero-order chi connectivity index (χ0) is 34.2. The van der Waals surface area contributed by atoms with Crippen LogP contribution < -0.4 is 0 Å². The Balaban J connectivity index is 7.02. The maximum absolute atomic E-state index is 13.6. The molecule has 3 atom stereocenters. The summed E-state index contributed by atoms with van der Waals surface area (Å²) in [6, 6.07) is 0. The molecule has 0 aliphatic carbocycles. The van der Waals surface area contributed by atoms with Gasteiger partial charge in [0, 0.05) is 0 Å². The number of hydrogen-bond donors (Lipinski definition) is 4. The lowest BCUT2D eigenvalue weighted by Crippen LogP contribution is -2.70. The first kappa shape index (κ1) is 43.4. The topological polar surface area (TPSA) is 132 Å². The Hall–Kier alpha value is -1.63. The monoisotopic (exact) mass is 641 g/mol. The van der Waals surface area contributed by atoms with Crippen LogP contribution >= 0.6 is 0 Å². The molecule has 0 amide bonds. The molecule has 0 saturated carbocycles. The molecule has 0 aromatic rings. The summed E-state index contributed by atoms with van der Waals surface area (Å²) in [6.45, 7) is 10.4. The van der Waals surface area contributed by atoms with Gasteiger partial charge in [-0.15, -0.1) is 0 Å². The van der Waals surface area contributed by atoms with Crippen molar-refractivity contribution >= 4 is 17.9 Å². The van der Waals surface area contributed by atoms with Crippen LogP contribution in [0.5, 0.6) is 0 Å². The van der Waals surface area contributed by atoms with Crippen LogP contribution in [0.3, 0.4) is 0 Å². The van der Waals surface area contributed by atoms with Crippen molar-refractivity contribution in [3.63, 3.8) is 0 Å². The van der Waals surface area contributed by atoms with E-state index in [1.54, 1.807) is 0 Å². The van der Waals surface area contributed by atoms with Crippen molar-refractivity contribution in [2.45, 2.75) is 207 Å². The molecule has 0 aliphatic heterocycles.